The van der Waals surface area contributed by atoms with E-state index >= 15 is 0 Å². The minimum Gasteiger partial charge on any atom is -0.320 e. The second-order valence-electron chi connectivity index (χ2n) is 3.76. The van der Waals surface area contributed by atoms with Crippen molar-refractivity contribution in [3.63, 3.8) is 0 Å². The van der Waals surface area contributed by atoms with Crippen LogP contribution < -0.4 is 11.1 Å². The van der Waals surface area contributed by atoms with Crippen molar-refractivity contribution in [2.24, 2.45) is 11.7 Å². The zero-order chi connectivity index (χ0) is 12.1. The van der Waals surface area contributed by atoms with Gasteiger partial charge in [-0.2, -0.15) is 0 Å². The second-order valence-corrected chi connectivity index (χ2v) is 4.82. The Morgan fingerprint density at radius 1 is 1.50 bits per heavy atom. The fraction of sp³-hybridized carbons (Fsp3) is 0.700. The molecule has 0 aliphatic carbocycles. The maximum absolute atomic E-state index is 11.7. The van der Waals surface area contributed by atoms with Gasteiger partial charge in [-0.1, -0.05) is 38.5 Å². The number of aromatic nitrogens is 2. The van der Waals surface area contributed by atoms with E-state index in [0.717, 1.165) is 17.8 Å². The molecule has 1 aromatic heterocycles. The molecule has 0 saturated heterocycles. The highest BCUT2D eigenvalue weighted by molar-refractivity contribution is 7.15. The highest BCUT2D eigenvalue weighted by Gasteiger charge is 2.20. The number of nitrogens with zero attached hydrogens (tertiary/aromatic N) is 2. The average Bonchev–Trinajstić information content (AvgIpc) is 2.74. The van der Waals surface area contributed by atoms with E-state index in [2.05, 4.69) is 15.5 Å². The monoisotopic (exact) mass is 242 g/mol. The number of anilines is 1. The smallest absolute Gasteiger partial charge is 0.243 e. The minimum atomic E-state index is -0.487. The summed E-state index contributed by atoms with van der Waals surface area (Å²) >= 11 is 1.39. The molecule has 1 rings (SSSR count). The molecular formula is C10H18N4OS. The summed E-state index contributed by atoms with van der Waals surface area (Å²) < 4.78 is 0. The first kappa shape index (κ1) is 13.1. The Labute approximate surface area is 99.5 Å². The van der Waals surface area contributed by atoms with Gasteiger partial charge in [0.25, 0.3) is 0 Å². The number of rotatable bonds is 5. The Bertz CT molecular complexity index is 352. The van der Waals surface area contributed by atoms with Crippen molar-refractivity contribution in [3.05, 3.63) is 5.01 Å². The van der Waals surface area contributed by atoms with Crippen LogP contribution in [0.5, 0.6) is 0 Å². The van der Waals surface area contributed by atoms with Crippen molar-refractivity contribution in [1.82, 2.24) is 10.2 Å². The Kier molecular flexibility index (Phi) is 4.82. The van der Waals surface area contributed by atoms with Gasteiger partial charge in [-0.15, -0.1) is 10.2 Å². The molecule has 0 aliphatic rings. The predicted octanol–water partition coefficient (Wildman–Crippen LogP) is 1.41. The van der Waals surface area contributed by atoms with E-state index in [1.54, 1.807) is 0 Å². The van der Waals surface area contributed by atoms with Crippen LogP contribution in [-0.4, -0.2) is 22.1 Å². The molecule has 16 heavy (non-hydrogen) atoms. The summed E-state index contributed by atoms with van der Waals surface area (Å²) in [6.45, 7) is 5.97. The third kappa shape index (κ3) is 3.24. The number of hydrogen-bond donors (Lipinski definition) is 2. The summed E-state index contributed by atoms with van der Waals surface area (Å²) in [5.74, 6) is -0.0216. The maximum Gasteiger partial charge on any atom is 0.243 e. The Balaban J connectivity index is 2.57. The summed E-state index contributed by atoms with van der Waals surface area (Å²) in [6, 6.07) is -0.487. The SMILES string of the molecule is CCc1nnc(NC(=O)[C@@H](N)[C@@H](C)CC)s1. The molecule has 1 amide bonds. The second kappa shape index (κ2) is 5.91. The van der Waals surface area contributed by atoms with Crippen LogP contribution in [0.2, 0.25) is 0 Å². The van der Waals surface area contributed by atoms with E-state index < -0.39 is 6.04 Å². The summed E-state index contributed by atoms with van der Waals surface area (Å²) in [6.07, 6.45) is 1.70. The molecule has 0 saturated carbocycles. The maximum atomic E-state index is 11.7. The summed E-state index contributed by atoms with van der Waals surface area (Å²) in [5.41, 5.74) is 5.80. The van der Waals surface area contributed by atoms with Crippen molar-refractivity contribution in [2.75, 3.05) is 5.32 Å². The lowest BCUT2D eigenvalue weighted by molar-refractivity contribution is -0.118. The van der Waals surface area contributed by atoms with Crippen molar-refractivity contribution >= 4 is 22.4 Å². The van der Waals surface area contributed by atoms with Gasteiger partial charge in [0.05, 0.1) is 6.04 Å². The standard InChI is InChI=1S/C10H18N4OS/c1-4-6(3)8(11)9(15)12-10-14-13-7(5-2)16-10/h6,8H,4-5,11H2,1-3H3,(H,12,14,15)/t6-,8-/m0/s1. The topological polar surface area (TPSA) is 80.9 Å². The first-order valence-electron chi connectivity index (χ1n) is 5.47. The van der Waals surface area contributed by atoms with Gasteiger partial charge in [0, 0.05) is 0 Å². The van der Waals surface area contributed by atoms with Gasteiger partial charge in [0.1, 0.15) is 5.01 Å². The van der Waals surface area contributed by atoms with Crippen LogP contribution >= 0.6 is 11.3 Å². The Hall–Kier alpha value is -1.01. The van der Waals surface area contributed by atoms with Crippen LogP contribution in [-0.2, 0) is 11.2 Å². The first-order chi connectivity index (χ1) is 7.58. The van der Waals surface area contributed by atoms with Crippen molar-refractivity contribution in [2.45, 2.75) is 39.7 Å². The minimum absolute atomic E-state index is 0.165. The molecule has 0 bridgehead atoms. The number of carbonyl (C=O) groups excluding carboxylic acids is 1. The van der Waals surface area contributed by atoms with Gasteiger partial charge < -0.3 is 5.73 Å². The van der Waals surface area contributed by atoms with Crippen LogP contribution in [0.25, 0.3) is 0 Å². The zero-order valence-corrected chi connectivity index (χ0v) is 10.7. The summed E-state index contributed by atoms with van der Waals surface area (Å²) in [5, 5.41) is 11.9. The fourth-order valence-corrected chi connectivity index (χ4v) is 1.83. The predicted molar refractivity (Wildman–Crippen MR) is 65.3 cm³/mol. The molecule has 6 heteroatoms. The Morgan fingerprint density at radius 3 is 2.69 bits per heavy atom. The van der Waals surface area contributed by atoms with E-state index in [4.69, 9.17) is 5.73 Å². The van der Waals surface area contributed by atoms with E-state index in [9.17, 15) is 4.79 Å². The van der Waals surface area contributed by atoms with E-state index in [0.29, 0.717) is 5.13 Å². The fourth-order valence-electron chi connectivity index (χ4n) is 1.15. The summed E-state index contributed by atoms with van der Waals surface area (Å²) in [4.78, 5) is 11.7. The van der Waals surface area contributed by atoms with Crippen LogP contribution in [0.1, 0.15) is 32.2 Å². The van der Waals surface area contributed by atoms with Gasteiger partial charge in [0.15, 0.2) is 0 Å². The van der Waals surface area contributed by atoms with E-state index in [1.165, 1.54) is 11.3 Å². The molecule has 2 atom stereocenters. The number of aryl methyl sites for hydroxylation is 1. The highest BCUT2D eigenvalue weighted by atomic mass is 32.1. The molecule has 90 valence electrons. The van der Waals surface area contributed by atoms with Crippen LogP contribution in [0.15, 0.2) is 0 Å². The zero-order valence-electron chi connectivity index (χ0n) is 9.86. The molecule has 0 fully saturated rings. The lowest BCUT2D eigenvalue weighted by Crippen LogP contribution is -2.40. The first-order valence-corrected chi connectivity index (χ1v) is 6.28. The van der Waals surface area contributed by atoms with Crippen molar-refractivity contribution < 1.29 is 4.79 Å². The Morgan fingerprint density at radius 2 is 2.19 bits per heavy atom. The van der Waals surface area contributed by atoms with E-state index in [1.807, 2.05) is 20.8 Å². The van der Waals surface area contributed by atoms with E-state index in [-0.39, 0.29) is 11.8 Å². The molecule has 5 nitrogen and oxygen atoms in total. The third-order valence-corrected chi connectivity index (χ3v) is 3.54. The van der Waals surface area contributed by atoms with Gasteiger partial charge in [-0.25, -0.2) is 0 Å². The van der Waals surface area contributed by atoms with Crippen LogP contribution in [0.4, 0.5) is 5.13 Å². The molecule has 1 aromatic rings. The number of carbonyl (C=O) groups is 1. The number of nitrogens with one attached hydrogen (secondary N) is 1. The lowest BCUT2D eigenvalue weighted by Gasteiger charge is -2.16. The average molecular weight is 242 g/mol. The highest BCUT2D eigenvalue weighted by Crippen LogP contribution is 2.16. The third-order valence-electron chi connectivity index (χ3n) is 2.56. The molecule has 0 spiro atoms. The molecule has 0 radical (unpaired) electrons. The summed E-state index contributed by atoms with van der Waals surface area (Å²) in [7, 11) is 0. The molecule has 1 heterocycles. The van der Waals surface area contributed by atoms with Gasteiger partial charge in [-0.3, -0.25) is 10.1 Å². The molecule has 3 N–H and O–H groups in total. The molecule has 0 unspecified atom stereocenters. The molecule has 0 aromatic carbocycles. The quantitative estimate of drug-likeness (QED) is 0.818. The van der Waals surface area contributed by atoms with Crippen LogP contribution in [0.3, 0.4) is 0 Å². The largest absolute Gasteiger partial charge is 0.320 e. The normalized spacial score (nSPS) is 14.5. The number of amides is 1. The van der Waals surface area contributed by atoms with Gasteiger partial charge >= 0.3 is 0 Å². The van der Waals surface area contributed by atoms with Gasteiger partial charge in [0.2, 0.25) is 11.0 Å². The lowest BCUT2D eigenvalue weighted by atomic mass is 10.00. The van der Waals surface area contributed by atoms with Crippen LogP contribution in [0, 0.1) is 5.92 Å². The van der Waals surface area contributed by atoms with Crippen molar-refractivity contribution in [1.29, 1.82) is 0 Å². The number of nitrogens with two attached hydrogens (primary N) is 1. The van der Waals surface area contributed by atoms with Crippen molar-refractivity contribution in [3.8, 4) is 0 Å². The van der Waals surface area contributed by atoms with Gasteiger partial charge in [-0.05, 0) is 12.3 Å². The number of hydrogen-bond acceptors (Lipinski definition) is 5. The molecule has 0 aliphatic heterocycles. The molecular weight excluding hydrogens is 224 g/mol.